The van der Waals surface area contributed by atoms with Crippen molar-refractivity contribution in [2.45, 2.75) is 13.3 Å². The molecule has 0 radical (unpaired) electrons. The number of nitrogens with zero attached hydrogens (tertiary/aromatic N) is 2. The molecule has 23 heavy (non-hydrogen) atoms. The summed E-state index contributed by atoms with van der Waals surface area (Å²) in [6, 6.07) is 16.1. The molecule has 0 heterocycles. The maximum atomic E-state index is 12.7. The molecule has 0 spiro atoms. The van der Waals surface area contributed by atoms with Crippen LogP contribution >= 0.6 is 0 Å². The molecule has 4 heteroatoms. The number of amides is 1. The van der Waals surface area contributed by atoms with Gasteiger partial charge in [0, 0.05) is 24.7 Å². The summed E-state index contributed by atoms with van der Waals surface area (Å²) in [4.78, 5) is 26.7. The zero-order chi connectivity index (χ0) is 16.8. The fourth-order valence-corrected chi connectivity index (χ4v) is 2.25. The largest absolute Gasteiger partial charge is 0.341 e. The van der Waals surface area contributed by atoms with Gasteiger partial charge in [-0.1, -0.05) is 48.0 Å². The lowest BCUT2D eigenvalue weighted by atomic mass is 9.97. The third-order valence-corrected chi connectivity index (χ3v) is 3.62. The molecule has 2 aromatic rings. The van der Waals surface area contributed by atoms with E-state index in [1.54, 1.807) is 43.4 Å². The van der Waals surface area contributed by atoms with Crippen molar-refractivity contribution in [2.24, 2.45) is 0 Å². The molecule has 0 atom stereocenters. The summed E-state index contributed by atoms with van der Waals surface area (Å²) in [6.45, 7) is 2.29. The summed E-state index contributed by atoms with van der Waals surface area (Å²) in [5, 5.41) is 8.64. The Labute approximate surface area is 136 Å². The second-order valence-corrected chi connectivity index (χ2v) is 5.38. The molecule has 0 unspecified atom stereocenters. The van der Waals surface area contributed by atoms with Crippen molar-refractivity contribution in [1.82, 2.24) is 4.90 Å². The molecule has 0 aliphatic rings. The Morgan fingerprint density at radius 2 is 1.65 bits per heavy atom. The van der Waals surface area contributed by atoms with E-state index in [1.807, 2.05) is 25.1 Å². The van der Waals surface area contributed by atoms with E-state index in [0.29, 0.717) is 23.2 Å². The average molecular weight is 306 g/mol. The number of hydrogen-bond donors (Lipinski definition) is 0. The molecule has 1 amide bonds. The van der Waals surface area contributed by atoms with Crippen LogP contribution in [0.5, 0.6) is 0 Å². The van der Waals surface area contributed by atoms with Gasteiger partial charge in [0.2, 0.25) is 0 Å². The third kappa shape index (κ3) is 3.83. The predicted molar refractivity (Wildman–Crippen MR) is 88.2 cm³/mol. The molecule has 0 aromatic heterocycles. The standard InChI is InChI=1S/C19H18N2O2/c1-14-8-10-15(11-9-14)18(22)16-6-3-4-7-17(16)19(23)21(2)13-5-12-20/h3-4,6-11H,5,13H2,1-2H3. The van der Waals surface area contributed by atoms with E-state index in [2.05, 4.69) is 0 Å². The van der Waals surface area contributed by atoms with Crippen molar-refractivity contribution in [3.05, 3.63) is 70.8 Å². The number of ketones is 1. The number of rotatable bonds is 5. The highest BCUT2D eigenvalue weighted by Crippen LogP contribution is 2.17. The molecular weight excluding hydrogens is 288 g/mol. The molecule has 2 aromatic carbocycles. The average Bonchev–Trinajstić information content (AvgIpc) is 2.59. The summed E-state index contributed by atoms with van der Waals surface area (Å²) in [7, 11) is 1.63. The van der Waals surface area contributed by atoms with Gasteiger partial charge < -0.3 is 4.90 Å². The van der Waals surface area contributed by atoms with Crippen LogP contribution in [-0.4, -0.2) is 30.2 Å². The van der Waals surface area contributed by atoms with Gasteiger partial charge in [-0.3, -0.25) is 9.59 Å². The third-order valence-electron chi connectivity index (χ3n) is 3.62. The van der Waals surface area contributed by atoms with Crippen LogP contribution in [0.3, 0.4) is 0 Å². The second-order valence-electron chi connectivity index (χ2n) is 5.38. The van der Waals surface area contributed by atoms with Crippen LogP contribution in [0.4, 0.5) is 0 Å². The fraction of sp³-hybridized carbons (Fsp3) is 0.211. The molecule has 0 saturated carbocycles. The van der Waals surface area contributed by atoms with Crippen molar-refractivity contribution in [3.8, 4) is 6.07 Å². The zero-order valence-corrected chi connectivity index (χ0v) is 13.2. The van der Waals surface area contributed by atoms with E-state index < -0.39 is 0 Å². The predicted octanol–water partition coefficient (Wildman–Crippen LogP) is 3.21. The SMILES string of the molecule is Cc1ccc(C(=O)c2ccccc2C(=O)N(C)CCC#N)cc1. The Bertz CT molecular complexity index is 758. The van der Waals surface area contributed by atoms with Gasteiger partial charge in [0.1, 0.15) is 0 Å². The second kappa shape index (κ2) is 7.37. The molecule has 0 saturated heterocycles. The first-order valence-electron chi connectivity index (χ1n) is 7.37. The molecule has 0 N–H and O–H groups in total. The molecule has 0 bridgehead atoms. The van der Waals surface area contributed by atoms with Crippen molar-refractivity contribution in [3.63, 3.8) is 0 Å². The van der Waals surface area contributed by atoms with Crippen LogP contribution in [0, 0.1) is 18.3 Å². The van der Waals surface area contributed by atoms with Crippen molar-refractivity contribution in [1.29, 1.82) is 5.26 Å². The number of benzene rings is 2. The highest BCUT2D eigenvalue weighted by atomic mass is 16.2. The van der Waals surface area contributed by atoms with Crippen LogP contribution in [0.15, 0.2) is 48.5 Å². The molecule has 0 fully saturated rings. The Balaban J connectivity index is 2.34. The first-order chi connectivity index (χ1) is 11.0. The van der Waals surface area contributed by atoms with Crippen molar-refractivity contribution < 1.29 is 9.59 Å². The fourth-order valence-electron chi connectivity index (χ4n) is 2.25. The van der Waals surface area contributed by atoms with Gasteiger partial charge in [0.15, 0.2) is 5.78 Å². The van der Waals surface area contributed by atoms with Gasteiger partial charge in [0.25, 0.3) is 5.91 Å². The van der Waals surface area contributed by atoms with Crippen LogP contribution in [0.2, 0.25) is 0 Å². The Kier molecular flexibility index (Phi) is 5.27. The summed E-state index contributed by atoms with van der Waals surface area (Å²) in [6.07, 6.45) is 0.260. The Hall–Kier alpha value is -2.93. The van der Waals surface area contributed by atoms with E-state index in [9.17, 15) is 9.59 Å². The molecule has 0 aliphatic heterocycles. The quantitative estimate of drug-likeness (QED) is 0.797. The van der Waals surface area contributed by atoms with Gasteiger partial charge in [-0.05, 0) is 13.0 Å². The van der Waals surface area contributed by atoms with Crippen LogP contribution in [0.1, 0.15) is 38.3 Å². The minimum absolute atomic E-state index is 0.178. The maximum Gasteiger partial charge on any atom is 0.254 e. The molecular formula is C19H18N2O2. The van der Waals surface area contributed by atoms with Gasteiger partial charge in [-0.15, -0.1) is 0 Å². The monoisotopic (exact) mass is 306 g/mol. The van der Waals surface area contributed by atoms with E-state index in [0.717, 1.165) is 5.56 Å². The minimum atomic E-state index is -0.253. The lowest BCUT2D eigenvalue weighted by Crippen LogP contribution is -2.29. The lowest BCUT2D eigenvalue weighted by molar-refractivity contribution is 0.0793. The minimum Gasteiger partial charge on any atom is -0.341 e. The number of carbonyl (C=O) groups excluding carboxylic acids is 2. The summed E-state index contributed by atoms with van der Waals surface area (Å²) >= 11 is 0. The summed E-state index contributed by atoms with van der Waals surface area (Å²) in [5.41, 5.74) is 2.36. The highest BCUT2D eigenvalue weighted by molar-refractivity contribution is 6.15. The van der Waals surface area contributed by atoms with E-state index in [4.69, 9.17) is 5.26 Å². The van der Waals surface area contributed by atoms with Gasteiger partial charge in [-0.2, -0.15) is 5.26 Å². The number of hydrogen-bond acceptors (Lipinski definition) is 3. The highest BCUT2D eigenvalue weighted by Gasteiger charge is 2.20. The normalized spacial score (nSPS) is 9.96. The number of carbonyl (C=O) groups is 2. The first kappa shape index (κ1) is 16.4. The topological polar surface area (TPSA) is 61.2 Å². The lowest BCUT2D eigenvalue weighted by Gasteiger charge is -2.17. The summed E-state index contributed by atoms with van der Waals surface area (Å²) < 4.78 is 0. The van der Waals surface area contributed by atoms with Crippen LogP contribution in [-0.2, 0) is 0 Å². The van der Waals surface area contributed by atoms with Crippen LogP contribution < -0.4 is 0 Å². The van der Waals surface area contributed by atoms with Crippen molar-refractivity contribution in [2.75, 3.05) is 13.6 Å². The molecule has 0 aliphatic carbocycles. The summed E-state index contributed by atoms with van der Waals surface area (Å²) in [5.74, 6) is -0.432. The van der Waals surface area contributed by atoms with Crippen molar-refractivity contribution >= 4 is 11.7 Å². The van der Waals surface area contributed by atoms with Gasteiger partial charge in [-0.25, -0.2) is 0 Å². The Morgan fingerprint density at radius 3 is 2.26 bits per heavy atom. The smallest absolute Gasteiger partial charge is 0.254 e. The molecule has 4 nitrogen and oxygen atoms in total. The van der Waals surface area contributed by atoms with E-state index in [1.165, 1.54) is 4.90 Å². The maximum absolute atomic E-state index is 12.7. The van der Waals surface area contributed by atoms with E-state index in [-0.39, 0.29) is 18.1 Å². The molecule has 2 rings (SSSR count). The van der Waals surface area contributed by atoms with Crippen LogP contribution in [0.25, 0.3) is 0 Å². The first-order valence-corrected chi connectivity index (χ1v) is 7.37. The molecule has 116 valence electrons. The number of nitriles is 1. The van der Waals surface area contributed by atoms with Gasteiger partial charge in [0.05, 0.1) is 18.1 Å². The van der Waals surface area contributed by atoms with Gasteiger partial charge >= 0.3 is 0 Å². The Morgan fingerprint density at radius 1 is 1.04 bits per heavy atom. The zero-order valence-electron chi connectivity index (χ0n) is 13.2. The van der Waals surface area contributed by atoms with E-state index >= 15 is 0 Å². The number of aryl methyl sites for hydroxylation is 1.